The highest BCUT2D eigenvalue weighted by atomic mass is 32.1. The molecule has 0 amide bonds. The summed E-state index contributed by atoms with van der Waals surface area (Å²) < 4.78 is 1.23. The number of fused-ring (bicyclic) bond motifs is 1. The fraction of sp³-hybridized carbons (Fsp3) is 0.0741. The lowest BCUT2D eigenvalue weighted by Crippen LogP contribution is -1.84. The number of hydrogen-bond donors (Lipinski definition) is 0. The molecule has 0 spiro atoms. The minimum Gasteiger partial charge on any atom is -0.255 e. The third-order valence-electron chi connectivity index (χ3n) is 5.40. The Bertz CT molecular complexity index is 1290. The predicted octanol–water partition coefficient (Wildman–Crippen LogP) is 7.91. The van der Waals surface area contributed by atoms with E-state index in [1.807, 2.05) is 23.6 Å². The summed E-state index contributed by atoms with van der Waals surface area (Å²) in [7, 11) is 0. The summed E-state index contributed by atoms with van der Waals surface area (Å²) >= 11 is 1.82. The van der Waals surface area contributed by atoms with Gasteiger partial charge in [0, 0.05) is 16.6 Å². The molecular formula is C27H21NS. The molecule has 0 saturated carbocycles. The number of thiophene rings is 1. The maximum Gasteiger partial charge on any atom is 0.0709 e. The third kappa shape index (κ3) is 3.37. The van der Waals surface area contributed by atoms with Crippen LogP contribution in [0.1, 0.15) is 11.1 Å². The van der Waals surface area contributed by atoms with Crippen LogP contribution in [0.3, 0.4) is 0 Å². The van der Waals surface area contributed by atoms with Gasteiger partial charge in [-0.05, 0) is 65.3 Å². The van der Waals surface area contributed by atoms with E-state index in [9.17, 15) is 0 Å². The van der Waals surface area contributed by atoms with E-state index in [1.54, 1.807) is 0 Å². The van der Waals surface area contributed by atoms with Crippen LogP contribution >= 0.6 is 11.3 Å². The van der Waals surface area contributed by atoms with Crippen LogP contribution in [0.15, 0.2) is 91.1 Å². The van der Waals surface area contributed by atoms with Crippen LogP contribution < -0.4 is 0 Å². The Kier molecular flexibility index (Phi) is 4.49. The van der Waals surface area contributed by atoms with Crippen molar-refractivity contribution in [2.45, 2.75) is 13.8 Å². The van der Waals surface area contributed by atoms with Gasteiger partial charge in [0.25, 0.3) is 0 Å². The largest absolute Gasteiger partial charge is 0.255 e. The van der Waals surface area contributed by atoms with Crippen LogP contribution in [0.5, 0.6) is 0 Å². The third-order valence-corrected chi connectivity index (χ3v) is 6.50. The Labute approximate surface area is 175 Å². The summed E-state index contributed by atoms with van der Waals surface area (Å²) in [6, 6.07) is 30.1. The van der Waals surface area contributed by atoms with E-state index in [-0.39, 0.29) is 0 Å². The first-order valence-corrected chi connectivity index (χ1v) is 10.6. The molecule has 0 radical (unpaired) electrons. The van der Waals surface area contributed by atoms with Crippen molar-refractivity contribution in [2.75, 3.05) is 0 Å². The molecule has 3 aromatic carbocycles. The molecule has 5 aromatic rings. The predicted molar refractivity (Wildman–Crippen MR) is 125 cm³/mol. The molecule has 29 heavy (non-hydrogen) atoms. The molecule has 0 N–H and O–H groups in total. The molecular weight excluding hydrogens is 370 g/mol. The van der Waals surface area contributed by atoms with E-state index in [0.717, 1.165) is 11.3 Å². The smallest absolute Gasteiger partial charge is 0.0709 e. The lowest BCUT2D eigenvalue weighted by atomic mass is 10.0. The molecule has 1 nitrogen and oxygen atoms in total. The lowest BCUT2D eigenvalue weighted by Gasteiger charge is -2.06. The van der Waals surface area contributed by atoms with Crippen molar-refractivity contribution in [1.29, 1.82) is 0 Å². The zero-order valence-corrected chi connectivity index (χ0v) is 17.3. The normalized spacial score (nSPS) is 11.1. The molecule has 2 aromatic heterocycles. The summed E-state index contributed by atoms with van der Waals surface area (Å²) in [5.41, 5.74) is 8.59. The Morgan fingerprint density at radius 2 is 1.34 bits per heavy atom. The zero-order chi connectivity index (χ0) is 19.8. The van der Waals surface area contributed by atoms with E-state index in [4.69, 9.17) is 4.98 Å². The van der Waals surface area contributed by atoms with Gasteiger partial charge in [-0.2, -0.15) is 0 Å². The van der Waals surface area contributed by atoms with Gasteiger partial charge in [0.15, 0.2) is 0 Å². The maximum absolute atomic E-state index is 4.77. The second-order valence-corrected chi connectivity index (χ2v) is 8.52. The fourth-order valence-corrected chi connectivity index (χ4v) is 5.11. The van der Waals surface area contributed by atoms with Gasteiger partial charge in [0.2, 0.25) is 0 Å². The van der Waals surface area contributed by atoms with Gasteiger partial charge in [-0.3, -0.25) is 4.98 Å². The molecule has 0 bridgehead atoms. The first kappa shape index (κ1) is 17.8. The van der Waals surface area contributed by atoms with Gasteiger partial charge >= 0.3 is 0 Å². The van der Waals surface area contributed by atoms with Crippen molar-refractivity contribution in [3.8, 4) is 32.8 Å². The molecule has 2 heterocycles. The van der Waals surface area contributed by atoms with Crippen LogP contribution in [-0.4, -0.2) is 4.98 Å². The van der Waals surface area contributed by atoms with Crippen molar-refractivity contribution in [3.05, 3.63) is 102 Å². The molecule has 0 fully saturated rings. The number of hydrogen-bond acceptors (Lipinski definition) is 2. The Balaban J connectivity index is 1.58. The average molecular weight is 392 g/mol. The van der Waals surface area contributed by atoms with Gasteiger partial charge in [-0.25, -0.2) is 0 Å². The molecule has 140 valence electrons. The van der Waals surface area contributed by atoms with E-state index >= 15 is 0 Å². The number of pyridine rings is 1. The summed E-state index contributed by atoms with van der Waals surface area (Å²) in [6.45, 7) is 4.37. The summed E-state index contributed by atoms with van der Waals surface area (Å²) in [4.78, 5) is 6.09. The highest BCUT2D eigenvalue weighted by Crippen LogP contribution is 2.38. The molecule has 0 aliphatic heterocycles. The molecule has 0 aliphatic rings. The minimum absolute atomic E-state index is 1.01. The molecule has 2 heteroatoms. The summed E-state index contributed by atoms with van der Waals surface area (Å²) in [6.07, 6.45) is 2.02. The van der Waals surface area contributed by atoms with Gasteiger partial charge in [0.1, 0.15) is 0 Å². The molecule has 5 rings (SSSR count). The highest BCUT2D eigenvalue weighted by molar-refractivity contribution is 7.22. The van der Waals surface area contributed by atoms with E-state index < -0.39 is 0 Å². The SMILES string of the molecule is Cc1cccc(C)c1-c1cc2cc(-c3cccc(-c4ccccc4)c3)ncc2s1. The van der Waals surface area contributed by atoms with Crippen LogP contribution in [-0.2, 0) is 0 Å². The first-order valence-electron chi connectivity index (χ1n) is 9.81. The standard InChI is InChI=1S/C27H21NS/c1-18-8-6-9-19(2)27(18)25-16-23-15-24(28-17-26(23)29-25)22-13-7-12-21(14-22)20-10-4-3-5-11-20/h3-17H,1-2H3. The van der Waals surface area contributed by atoms with Gasteiger partial charge in [-0.15, -0.1) is 11.3 Å². The van der Waals surface area contributed by atoms with Crippen LogP contribution in [0.4, 0.5) is 0 Å². The van der Waals surface area contributed by atoms with E-state index in [2.05, 4.69) is 92.7 Å². The van der Waals surface area contributed by atoms with Crippen molar-refractivity contribution >= 4 is 21.4 Å². The summed E-state index contributed by atoms with van der Waals surface area (Å²) in [5, 5.41) is 1.25. The number of aryl methyl sites for hydroxylation is 2. The number of rotatable bonds is 3. The maximum atomic E-state index is 4.77. The second kappa shape index (κ2) is 7.31. The molecule has 0 atom stereocenters. The second-order valence-electron chi connectivity index (χ2n) is 7.43. The monoisotopic (exact) mass is 391 g/mol. The average Bonchev–Trinajstić information content (AvgIpc) is 3.17. The van der Waals surface area contributed by atoms with Crippen molar-refractivity contribution in [2.24, 2.45) is 0 Å². The topological polar surface area (TPSA) is 12.9 Å². The molecule has 0 aliphatic carbocycles. The Hall–Kier alpha value is -3.23. The number of aromatic nitrogens is 1. The van der Waals surface area contributed by atoms with Gasteiger partial charge in [0.05, 0.1) is 10.4 Å². The summed E-state index contributed by atoms with van der Waals surface area (Å²) in [5.74, 6) is 0. The fourth-order valence-electron chi connectivity index (χ4n) is 3.92. The van der Waals surface area contributed by atoms with Crippen LogP contribution in [0.25, 0.3) is 42.9 Å². The van der Waals surface area contributed by atoms with Crippen LogP contribution in [0, 0.1) is 13.8 Å². The first-order chi connectivity index (χ1) is 14.2. The van der Waals surface area contributed by atoms with Crippen molar-refractivity contribution < 1.29 is 0 Å². The van der Waals surface area contributed by atoms with Crippen molar-refractivity contribution in [1.82, 2.24) is 4.98 Å². The highest BCUT2D eigenvalue weighted by Gasteiger charge is 2.11. The van der Waals surface area contributed by atoms with Crippen LogP contribution in [0.2, 0.25) is 0 Å². The zero-order valence-electron chi connectivity index (χ0n) is 16.5. The van der Waals surface area contributed by atoms with Gasteiger partial charge in [-0.1, -0.05) is 66.7 Å². The number of benzene rings is 3. The van der Waals surface area contributed by atoms with Crippen molar-refractivity contribution in [3.63, 3.8) is 0 Å². The number of nitrogens with zero attached hydrogens (tertiary/aromatic N) is 1. The van der Waals surface area contributed by atoms with E-state index in [1.165, 1.54) is 42.8 Å². The van der Waals surface area contributed by atoms with Gasteiger partial charge < -0.3 is 0 Å². The van der Waals surface area contributed by atoms with E-state index in [0.29, 0.717) is 0 Å². The lowest BCUT2D eigenvalue weighted by molar-refractivity contribution is 1.36. The molecule has 0 saturated heterocycles. The minimum atomic E-state index is 1.01. The quantitative estimate of drug-likeness (QED) is 0.304. The molecule has 0 unspecified atom stereocenters. The Morgan fingerprint density at radius 3 is 2.14 bits per heavy atom. The Morgan fingerprint density at radius 1 is 0.655 bits per heavy atom.